The van der Waals surface area contributed by atoms with Gasteiger partial charge in [0, 0.05) is 43.6 Å². The first kappa shape index (κ1) is 30.1. The molecule has 0 fully saturated rings. The lowest BCUT2D eigenvalue weighted by Crippen LogP contribution is -2.60. The molecular weight excluding hydrogens is 553 g/mol. The molecule has 2 heterocycles. The molecule has 0 aliphatic carbocycles. The molecule has 2 unspecified atom stereocenters. The van der Waals surface area contributed by atoms with E-state index >= 15 is 0 Å². The zero-order chi connectivity index (χ0) is 30.6. The number of fused-ring (bicyclic) bond motifs is 1. The van der Waals surface area contributed by atoms with Crippen LogP contribution in [-0.4, -0.2) is 47.4 Å². The van der Waals surface area contributed by atoms with E-state index in [9.17, 15) is 27.6 Å². The molecule has 3 aromatic rings. The fourth-order valence-electron chi connectivity index (χ4n) is 4.42. The van der Waals surface area contributed by atoms with Crippen molar-refractivity contribution in [2.75, 3.05) is 18.8 Å². The van der Waals surface area contributed by atoms with Gasteiger partial charge in [0.05, 0.1) is 0 Å². The molecule has 0 radical (unpaired) electrons. The predicted octanol–water partition coefficient (Wildman–Crippen LogP) is 3.86. The standard InChI is InChI=1S/C30H29F3N4O5/c1-5-18(3)35-17-37(25(6-2)41-4)36-15-22(29(39)34-14-21-23(32)12-20(31)13-24(21)33)27(38)28(26(36)30(35)40)42-16-19-10-8-7-9-11-19/h5-13,15,18,25H,1-2,14,16-17H2,3-4H3,(H,34,39). The van der Waals surface area contributed by atoms with Crippen LogP contribution in [0.4, 0.5) is 13.2 Å². The minimum Gasteiger partial charge on any atom is -0.482 e. The van der Waals surface area contributed by atoms with E-state index in [1.165, 1.54) is 27.8 Å². The van der Waals surface area contributed by atoms with Gasteiger partial charge < -0.3 is 19.7 Å². The van der Waals surface area contributed by atoms with Gasteiger partial charge in [0.25, 0.3) is 11.8 Å². The highest BCUT2D eigenvalue weighted by atomic mass is 19.1. The van der Waals surface area contributed by atoms with Crippen LogP contribution < -0.4 is 20.5 Å². The Balaban J connectivity index is 1.84. The topological polar surface area (TPSA) is 93.1 Å². The molecule has 0 saturated carbocycles. The van der Waals surface area contributed by atoms with Crippen molar-refractivity contribution < 1.29 is 32.2 Å². The number of carbonyl (C=O) groups excluding carboxylic acids is 2. The Bertz CT molecular complexity index is 1550. The third-order valence-corrected chi connectivity index (χ3v) is 6.76. The number of ether oxygens (including phenoxy) is 2. The first-order valence-electron chi connectivity index (χ1n) is 12.8. The van der Waals surface area contributed by atoms with Crippen LogP contribution in [0, 0.1) is 17.5 Å². The highest BCUT2D eigenvalue weighted by molar-refractivity contribution is 5.99. The maximum absolute atomic E-state index is 14.2. The summed E-state index contributed by atoms with van der Waals surface area (Å²) in [5.74, 6) is -5.52. The summed E-state index contributed by atoms with van der Waals surface area (Å²) in [6.07, 6.45) is 3.32. The fraction of sp³-hybridized carbons (Fsp3) is 0.233. The SMILES string of the molecule is C=CC(C)N1CN(C(C=C)OC)n2cc(C(=O)NCc3c(F)cc(F)cc3F)c(=O)c(OCc3ccccc3)c2C1=O. The number of nitrogens with one attached hydrogen (secondary N) is 1. The van der Waals surface area contributed by atoms with Gasteiger partial charge in [-0.15, -0.1) is 6.58 Å². The van der Waals surface area contributed by atoms with Gasteiger partial charge in [-0.05, 0) is 18.6 Å². The number of halogens is 3. The normalized spacial score (nSPS) is 14.2. The molecule has 1 N–H and O–H groups in total. The Kier molecular flexibility index (Phi) is 9.16. The summed E-state index contributed by atoms with van der Waals surface area (Å²) in [6, 6.07) is 9.35. The summed E-state index contributed by atoms with van der Waals surface area (Å²) < 4.78 is 54.4. The zero-order valence-electron chi connectivity index (χ0n) is 23.0. The highest BCUT2D eigenvalue weighted by Gasteiger charge is 2.38. The van der Waals surface area contributed by atoms with Crippen LogP contribution in [-0.2, 0) is 17.9 Å². The first-order valence-corrected chi connectivity index (χ1v) is 12.8. The Hall–Kier alpha value is -4.84. The number of benzene rings is 2. The number of carbonyl (C=O) groups is 2. The third-order valence-electron chi connectivity index (χ3n) is 6.76. The number of rotatable bonds is 11. The number of methoxy groups -OCH3 is 1. The predicted molar refractivity (Wildman–Crippen MR) is 149 cm³/mol. The van der Waals surface area contributed by atoms with E-state index in [1.807, 2.05) is 0 Å². The van der Waals surface area contributed by atoms with Crippen molar-refractivity contribution in [2.24, 2.45) is 0 Å². The van der Waals surface area contributed by atoms with Crippen LogP contribution in [0.5, 0.6) is 5.75 Å². The van der Waals surface area contributed by atoms with Crippen molar-refractivity contribution in [3.63, 3.8) is 0 Å². The van der Waals surface area contributed by atoms with Crippen molar-refractivity contribution in [2.45, 2.75) is 32.3 Å². The Labute approximate surface area is 240 Å². The molecule has 0 saturated heterocycles. The molecule has 1 aliphatic rings. The summed E-state index contributed by atoms with van der Waals surface area (Å²) >= 11 is 0. The van der Waals surface area contributed by atoms with Crippen molar-refractivity contribution in [1.82, 2.24) is 14.9 Å². The second kappa shape index (κ2) is 12.8. The summed E-state index contributed by atoms with van der Waals surface area (Å²) in [6.45, 7) is 8.44. The molecule has 42 heavy (non-hydrogen) atoms. The Morgan fingerprint density at radius 3 is 2.36 bits per heavy atom. The van der Waals surface area contributed by atoms with Crippen LogP contribution >= 0.6 is 0 Å². The Morgan fingerprint density at radius 1 is 1.10 bits per heavy atom. The van der Waals surface area contributed by atoms with Gasteiger partial charge in [-0.3, -0.25) is 24.1 Å². The third kappa shape index (κ3) is 5.93. The molecule has 2 aromatic carbocycles. The van der Waals surface area contributed by atoms with Gasteiger partial charge >= 0.3 is 0 Å². The zero-order valence-corrected chi connectivity index (χ0v) is 23.0. The first-order chi connectivity index (χ1) is 20.1. The summed E-state index contributed by atoms with van der Waals surface area (Å²) in [4.78, 5) is 42.2. The molecule has 2 amide bonds. The van der Waals surface area contributed by atoms with Crippen LogP contribution in [0.1, 0.15) is 38.9 Å². The molecule has 9 nitrogen and oxygen atoms in total. The maximum Gasteiger partial charge on any atom is 0.278 e. The van der Waals surface area contributed by atoms with Crippen molar-refractivity contribution in [3.05, 3.63) is 124 Å². The van der Waals surface area contributed by atoms with Gasteiger partial charge in [0.2, 0.25) is 5.43 Å². The molecule has 220 valence electrons. The number of hydrogen-bond donors (Lipinski definition) is 1. The van der Waals surface area contributed by atoms with E-state index in [0.717, 1.165) is 6.20 Å². The largest absolute Gasteiger partial charge is 0.482 e. The van der Waals surface area contributed by atoms with E-state index in [4.69, 9.17) is 9.47 Å². The van der Waals surface area contributed by atoms with Crippen LogP contribution in [0.3, 0.4) is 0 Å². The molecule has 2 atom stereocenters. The van der Waals surface area contributed by atoms with E-state index in [0.29, 0.717) is 17.7 Å². The summed E-state index contributed by atoms with van der Waals surface area (Å²) in [5, 5.41) is 3.83. The fourth-order valence-corrected chi connectivity index (χ4v) is 4.42. The van der Waals surface area contributed by atoms with E-state index in [-0.39, 0.29) is 19.0 Å². The van der Waals surface area contributed by atoms with Gasteiger partial charge in [-0.2, -0.15) is 0 Å². The summed E-state index contributed by atoms with van der Waals surface area (Å²) in [5.41, 5.74) is -1.49. The molecule has 12 heteroatoms. The lowest BCUT2D eigenvalue weighted by atomic mass is 10.1. The van der Waals surface area contributed by atoms with Gasteiger partial charge in [0.15, 0.2) is 17.7 Å². The number of hydrogen-bond acceptors (Lipinski definition) is 6. The molecule has 1 aliphatic heterocycles. The van der Waals surface area contributed by atoms with E-state index in [2.05, 4.69) is 18.5 Å². The van der Waals surface area contributed by atoms with E-state index < -0.39 is 70.4 Å². The molecule has 4 rings (SSSR count). The van der Waals surface area contributed by atoms with Gasteiger partial charge in [-0.1, -0.05) is 43.0 Å². The van der Waals surface area contributed by atoms with Crippen molar-refractivity contribution in [1.29, 1.82) is 0 Å². The average Bonchev–Trinajstić information content (AvgIpc) is 2.97. The average molecular weight is 583 g/mol. The number of aromatic nitrogens is 1. The monoisotopic (exact) mass is 582 g/mol. The number of nitrogens with zero attached hydrogens (tertiary/aromatic N) is 3. The van der Waals surface area contributed by atoms with E-state index in [1.54, 1.807) is 43.3 Å². The van der Waals surface area contributed by atoms with Crippen molar-refractivity contribution >= 4 is 11.8 Å². The minimum absolute atomic E-state index is 0.0440. The van der Waals surface area contributed by atoms with Crippen LogP contribution in [0.15, 0.2) is 78.8 Å². The van der Waals surface area contributed by atoms with Gasteiger partial charge in [-0.25, -0.2) is 13.2 Å². The maximum atomic E-state index is 14.2. The smallest absolute Gasteiger partial charge is 0.278 e. The highest BCUT2D eigenvalue weighted by Crippen LogP contribution is 2.26. The lowest BCUT2D eigenvalue weighted by Gasteiger charge is -2.44. The second-order valence-corrected chi connectivity index (χ2v) is 9.39. The van der Waals surface area contributed by atoms with Gasteiger partial charge in [0.1, 0.15) is 36.3 Å². The van der Waals surface area contributed by atoms with Crippen LogP contribution in [0.25, 0.3) is 0 Å². The molecule has 0 spiro atoms. The van der Waals surface area contributed by atoms with Crippen LogP contribution in [0.2, 0.25) is 0 Å². The minimum atomic E-state index is -1.20. The second-order valence-electron chi connectivity index (χ2n) is 9.39. The quantitative estimate of drug-likeness (QED) is 0.346. The molecular formula is C30H29F3N4O5. The van der Waals surface area contributed by atoms with Crippen molar-refractivity contribution in [3.8, 4) is 5.75 Å². The Morgan fingerprint density at radius 2 is 1.76 bits per heavy atom. The number of amides is 2. The lowest BCUT2D eigenvalue weighted by molar-refractivity contribution is 0.0504. The molecule has 0 bridgehead atoms. The number of pyridine rings is 1. The summed E-state index contributed by atoms with van der Waals surface area (Å²) in [7, 11) is 1.42. The molecule has 1 aromatic heterocycles.